The van der Waals surface area contributed by atoms with Crippen LogP contribution >= 0.6 is 0 Å². The van der Waals surface area contributed by atoms with E-state index in [1.807, 2.05) is 6.92 Å². The molecule has 0 atom stereocenters. The van der Waals surface area contributed by atoms with E-state index in [0.29, 0.717) is 5.92 Å². The van der Waals surface area contributed by atoms with Crippen LogP contribution in [0.4, 0.5) is 0 Å². The van der Waals surface area contributed by atoms with Crippen LogP contribution in [0.25, 0.3) is 0 Å². The second-order valence-electron chi connectivity index (χ2n) is 3.36. The molecular weight excluding hydrogens is 148 g/mol. The number of aromatic nitrogens is 2. The molecule has 2 nitrogen and oxygen atoms in total. The van der Waals surface area contributed by atoms with Gasteiger partial charge in [-0.25, -0.2) is 9.97 Å². The van der Waals surface area contributed by atoms with Crippen molar-refractivity contribution in [2.24, 2.45) is 0 Å². The Hall–Kier alpha value is -0.920. The third-order valence-corrected chi connectivity index (χ3v) is 1.83. The minimum atomic E-state index is 0.497. The fourth-order valence-electron chi connectivity index (χ4n) is 1.11. The molecule has 66 valence electrons. The van der Waals surface area contributed by atoms with Crippen LogP contribution in [-0.4, -0.2) is 9.97 Å². The van der Waals surface area contributed by atoms with E-state index in [9.17, 15) is 0 Å². The Morgan fingerprint density at radius 1 is 1.33 bits per heavy atom. The summed E-state index contributed by atoms with van der Waals surface area (Å²) in [6.45, 7) is 8.41. The van der Waals surface area contributed by atoms with Crippen molar-refractivity contribution in [3.8, 4) is 0 Å². The lowest BCUT2D eigenvalue weighted by Crippen LogP contribution is -2.01. The Morgan fingerprint density at radius 2 is 2.00 bits per heavy atom. The highest BCUT2D eigenvalue weighted by Crippen LogP contribution is 2.12. The van der Waals surface area contributed by atoms with Gasteiger partial charge >= 0.3 is 0 Å². The van der Waals surface area contributed by atoms with Crippen LogP contribution in [0.3, 0.4) is 0 Å². The molecule has 0 N–H and O–H groups in total. The van der Waals surface area contributed by atoms with E-state index < -0.39 is 0 Å². The highest BCUT2D eigenvalue weighted by molar-refractivity contribution is 5.12. The Kier molecular flexibility index (Phi) is 2.79. The van der Waals surface area contributed by atoms with Crippen molar-refractivity contribution < 1.29 is 0 Å². The summed E-state index contributed by atoms with van der Waals surface area (Å²) in [6.07, 6.45) is 0.918. The zero-order valence-electron chi connectivity index (χ0n) is 8.26. The minimum Gasteiger partial charge on any atom is -0.238 e. The van der Waals surface area contributed by atoms with Crippen molar-refractivity contribution in [2.75, 3.05) is 0 Å². The Labute approximate surface area is 74.1 Å². The van der Waals surface area contributed by atoms with Crippen LogP contribution in [0, 0.1) is 6.92 Å². The number of hydrogen-bond donors (Lipinski definition) is 0. The number of aryl methyl sites for hydroxylation is 2. The van der Waals surface area contributed by atoms with Crippen molar-refractivity contribution in [3.05, 3.63) is 23.3 Å². The predicted octanol–water partition coefficient (Wildman–Crippen LogP) is 2.47. The summed E-state index contributed by atoms with van der Waals surface area (Å²) in [5.41, 5.74) is 2.23. The first kappa shape index (κ1) is 9.17. The lowest BCUT2D eigenvalue weighted by Gasteiger charge is -2.06. The lowest BCUT2D eigenvalue weighted by atomic mass is 10.1. The molecule has 1 aromatic heterocycles. The smallest absolute Gasteiger partial charge is 0.128 e. The predicted molar refractivity (Wildman–Crippen MR) is 50.2 cm³/mol. The first-order chi connectivity index (χ1) is 5.63. The van der Waals surface area contributed by atoms with Crippen molar-refractivity contribution in [1.82, 2.24) is 9.97 Å². The number of hydrogen-bond acceptors (Lipinski definition) is 2. The van der Waals surface area contributed by atoms with E-state index in [2.05, 4.69) is 36.8 Å². The summed E-state index contributed by atoms with van der Waals surface area (Å²) >= 11 is 0. The van der Waals surface area contributed by atoms with E-state index in [1.165, 1.54) is 0 Å². The summed E-state index contributed by atoms with van der Waals surface area (Å²) in [7, 11) is 0. The molecule has 0 aliphatic heterocycles. The van der Waals surface area contributed by atoms with Gasteiger partial charge in [-0.15, -0.1) is 0 Å². The van der Waals surface area contributed by atoms with Gasteiger partial charge in [0.25, 0.3) is 0 Å². The summed E-state index contributed by atoms with van der Waals surface area (Å²) in [6, 6.07) is 2.06. The van der Waals surface area contributed by atoms with Crippen molar-refractivity contribution in [1.29, 1.82) is 0 Å². The van der Waals surface area contributed by atoms with Gasteiger partial charge in [0.1, 0.15) is 5.82 Å². The maximum absolute atomic E-state index is 4.44. The fourth-order valence-corrected chi connectivity index (χ4v) is 1.11. The van der Waals surface area contributed by atoms with Crippen molar-refractivity contribution >= 4 is 0 Å². The average molecular weight is 164 g/mol. The molecule has 1 heterocycles. The van der Waals surface area contributed by atoms with E-state index in [0.717, 1.165) is 23.6 Å². The van der Waals surface area contributed by atoms with Gasteiger partial charge in [-0.1, -0.05) is 20.8 Å². The molecule has 0 aromatic carbocycles. The molecule has 1 rings (SSSR count). The second kappa shape index (κ2) is 3.65. The quantitative estimate of drug-likeness (QED) is 0.671. The van der Waals surface area contributed by atoms with E-state index in [1.54, 1.807) is 0 Å². The Bertz CT molecular complexity index is 267. The molecular formula is C10H16N2. The first-order valence-corrected chi connectivity index (χ1v) is 4.48. The molecule has 0 saturated heterocycles. The van der Waals surface area contributed by atoms with Crippen LogP contribution in [0.1, 0.15) is 43.9 Å². The van der Waals surface area contributed by atoms with Crippen molar-refractivity contribution in [3.63, 3.8) is 0 Å². The topological polar surface area (TPSA) is 25.8 Å². The van der Waals surface area contributed by atoms with Crippen LogP contribution < -0.4 is 0 Å². The van der Waals surface area contributed by atoms with Gasteiger partial charge < -0.3 is 0 Å². The Morgan fingerprint density at radius 3 is 2.50 bits per heavy atom. The molecule has 0 aliphatic rings. The van der Waals surface area contributed by atoms with Gasteiger partial charge in [0.15, 0.2) is 0 Å². The third kappa shape index (κ3) is 2.03. The van der Waals surface area contributed by atoms with Crippen molar-refractivity contribution in [2.45, 2.75) is 40.0 Å². The summed E-state index contributed by atoms with van der Waals surface area (Å²) < 4.78 is 0. The molecule has 0 spiro atoms. The lowest BCUT2D eigenvalue weighted by molar-refractivity contribution is 0.779. The highest BCUT2D eigenvalue weighted by atomic mass is 14.9. The fraction of sp³-hybridized carbons (Fsp3) is 0.600. The van der Waals surface area contributed by atoms with Gasteiger partial charge in [-0.3, -0.25) is 0 Å². The molecule has 0 unspecified atom stereocenters. The maximum atomic E-state index is 4.44. The first-order valence-electron chi connectivity index (χ1n) is 4.48. The normalized spacial score (nSPS) is 10.8. The zero-order valence-corrected chi connectivity index (χ0v) is 8.26. The minimum absolute atomic E-state index is 0.497. The SMILES string of the molecule is CCc1nc(C)cc(C(C)C)n1. The molecule has 0 aliphatic carbocycles. The number of rotatable bonds is 2. The van der Waals surface area contributed by atoms with Gasteiger partial charge in [-0.05, 0) is 18.9 Å². The molecule has 2 heteroatoms. The van der Waals surface area contributed by atoms with E-state index in [-0.39, 0.29) is 0 Å². The molecule has 0 saturated carbocycles. The zero-order chi connectivity index (χ0) is 9.14. The number of nitrogens with zero attached hydrogens (tertiary/aromatic N) is 2. The monoisotopic (exact) mass is 164 g/mol. The van der Waals surface area contributed by atoms with E-state index in [4.69, 9.17) is 0 Å². The molecule has 0 radical (unpaired) electrons. The van der Waals surface area contributed by atoms with E-state index >= 15 is 0 Å². The van der Waals surface area contributed by atoms with Crippen LogP contribution in [0.2, 0.25) is 0 Å². The third-order valence-electron chi connectivity index (χ3n) is 1.83. The molecule has 0 fully saturated rings. The highest BCUT2D eigenvalue weighted by Gasteiger charge is 2.03. The van der Waals surface area contributed by atoms with Crippen LogP contribution in [0.15, 0.2) is 6.07 Å². The van der Waals surface area contributed by atoms with Gasteiger partial charge in [0, 0.05) is 17.8 Å². The standard InChI is InChI=1S/C10H16N2/c1-5-10-11-8(4)6-9(12-10)7(2)3/h6-7H,5H2,1-4H3. The van der Waals surface area contributed by atoms with Gasteiger partial charge in [-0.2, -0.15) is 0 Å². The largest absolute Gasteiger partial charge is 0.238 e. The molecule has 12 heavy (non-hydrogen) atoms. The summed E-state index contributed by atoms with van der Waals surface area (Å²) in [4.78, 5) is 8.76. The van der Waals surface area contributed by atoms with Gasteiger partial charge in [0.2, 0.25) is 0 Å². The second-order valence-corrected chi connectivity index (χ2v) is 3.36. The molecule has 0 amide bonds. The summed E-state index contributed by atoms with van der Waals surface area (Å²) in [5.74, 6) is 1.45. The Balaban J connectivity index is 3.06. The summed E-state index contributed by atoms with van der Waals surface area (Å²) in [5, 5.41) is 0. The van der Waals surface area contributed by atoms with Crippen LogP contribution in [-0.2, 0) is 6.42 Å². The van der Waals surface area contributed by atoms with Crippen LogP contribution in [0.5, 0.6) is 0 Å². The average Bonchev–Trinajstić information content (AvgIpc) is 2.03. The molecule has 0 bridgehead atoms. The molecule has 1 aromatic rings. The van der Waals surface area contributed by atoms with Gasteiger partial charge in [0.05, 0.1) is 0 Å². The maximum Gasteiger partial charge on any atom is 0.128 e.